The Kier molecular flexibility index (Phi) is 6.88. The predicted molar refractivity (Wildman–Crippen MR) is 95.0 cm³/mol. The van der Waals surface area contributed by atoms with Crippen LogP contribution in [0.3, 0.4) is 0 Å². The fourth-order valence-corrected chi connectivity index (χ4v) is 2.13. The van der Waals surface area contributed by atoms with Gasteiger partial charge in [0.1, 0.15) is 0 Å². The molecular weight excluding hydrogens is 320 g/mol. The van der Waals surface area contributed by atoms with Crippen molar-refractivity contribution in [2.45, 2.75) is 26.2 Å². The number of hydrogen-bond donors (Lipinski definition) is 2. The highest BCUT2D eigenvalue weighted by Crippen LogP contribution is 2.14. The molecule has 1 heterocycles. The predicted octanol–water partition coefficient (Wildman–Crippen LogP) is 2.93. The lowest BCUT2D eigenvalue weighted by molar-refractivity contribution is 0.0600. The molecule has 25 heavy (non-hydrogen) atoms. The number of nitrogens with zero attached hydrogens (tertiary/aromatic N) is 2. The van der Waals surface area contributed by atoms with Gasteiger partial charge in [0, 0.05) is 24.6 Å². The summed E-state index contributed by atoms with van der Waals surface area (Å²) in [6.07, 6.45) is 6.12. The van der Waals surface area contributed by atoms with Crippen LogP contribution in [0.4, 0.5) is 11.6 Å². The molecule has 0 saturated heterocycles. The molecule has 1 aromatic heterocycles. The molecule has 1 aromatic carbocycles. The van der Waals surface area contributed by atoms with E-state index < -0.39 is 5.97 Å². The molecule has 1 amide bonds. The summed E-state index contributed by atoms with van der Waals surface area (Å²) >= 11 is 0. The van der Waals surface area contributed by atoms with Crippen LogP contribution in [-0.2, 0) is 4.74 Å². The van der Waals surface area contributed by atoms with Gasteiger partial charge in [0.05, 0.1) is 18.2 Å². The molecule has 2 aromatic rings. The lowest BCUT2D eigenvalue weighted by Gasteiger charge is -2.07. The van der Waals surface area contributed by atoms with E-state index in [2.05, 4.69) is 32.3 Å². The zero-order chi connectivity index (χ0) is 18.1. The van der Waals surface area contributed by atoms with Crippen molar-refractivity contribution in [3.8, 4) is 0 Å². The zero-order valence-corrected chi connectivity index (χ0v) is 14.4. The van der Waals surface area contributed by atoms with Crippen LogP contribution >= 0.6 is 0 Å². The number of rotatable bonds is 8. The Hall–Kier alpha value is -2.96. The molecule has 0 bridgehead atoms. The topological polar surface area (TPSA) is 93.2 Å². The lowest BCUT2D eigenvalue weighted by Crippen LogP contribution is -2.24. The van der Waals surface area contributed by atoms with Gasteiger partial charge in [-0.1, -0.05) is 19.8 Å². The van der Waals surface area contributed by atoms with E-state index in [9.17, 15) is 9.59 Å². The average molecular weight is 342 g/mol. The van der Waals surface area contributed by atoms with Gasteiger partial charge in [-0.2, -0.15) is 0 Å². The summed E-state index contributed by atoms with van der Waals surface area (Å²) in [6.45, 7) is 2.77. The Bertz CT molecular complexity index is 699. The number of unbranched alkanes of at least 4 members (excludes halogenated alkanes) is 2. The molecule has 0 spiro atoms. The number of carbonyl (C=O) groups is 2. The Morgan fingerprint density at radius 2 is 1.72 bits per heavy atom. The summed E-state index contributed by atoms with van der Waals surface area (Å²) in [6, 6.07) is 6.74. The number of benzene rings is 1. The second kappa shape index (κ2) is 9.36. The summed E-state index contributed by atoms with van der Waals surface area (Å²) in [5, 5.41) is 5.85. The first-order chi connectivity index (χ1) is 12.1. The molecular formula is C18H22N4O3. The summed E-state index contributed by atoms with van der Waals surface area (Å²) in [4.78, 5) is 31.6. The van der Waals surface area contributed by atoms with E-state index in [-0.39, 0.29) is 5.91 Å². The van der Waals surface area contributed by atoms with Gasteiger partial charge >= 0.3 is 5.97 Å². The second-order valence-corrected chi connectivity index (χ2v) is 5.45. The third-order valence-corrected chi connectivity index (χ3v) is 3.54. The second-order valence-electron chi connectivity index (χ2n) is 5.45. The monoisotopic (exact) mass is 342 g/mol. The summed E-state index contributed by atoms with van der Waals surface area (Å²) in [7, 11) is 1.34. The van der Waals surface area contributed by atoms with Crippen molar-refractivity contribution in [1.82, 2.24) is 15.3 Å². The van der Waals surface area contributed by atoms with Crippen molar-refractivity contribution in [2.24, 2.45) is 0 Å². The molecule has 0 fully saturated rings. The molecule has 0 radical (unpaired) electrons. The van der Waals surface area contributed by atoms with Crippen molar-refractivity contribution in [3.05, 3.63) is 47.8 Å². The van der Waals surface area contributed by atoms with Gasteiger partial charge in [-0.3, -0.25) is 4.79 Å². The lowest BCUT2D eigenvalue weighted by atomic mass is 10.2. The maximum atomic E-state index is 12.0. The van der Waals surface area contributed by atoms with Gasteiger partial charge in [0.15, 0.2) is 0 Å². The third-order valence-electron chi connectivity index (χ3n) is 3.54. The first-order valence-electron chi connectivity index (χ1n) is 8.19. The number of ether oxygens (including phenoxy) is 1. The van der Waals surface area contributed by atoms with Crippen LogP contribution in [-0.4, -0.2) is 35.5 Å². The van der Waals surface area contributed by atoms with Crippen LogP contribution in [0.25, 0.3) is 0 Å². The van der Waals surface area contributed by atoms with E-state index in [1.165, 1.54) is 19.5 Å². The van der Waals surface area contributed by atoms with Gasteiger partial charge in [-0.05, 0) is 30.7 Å². The summed E-state index contributed by atoms with van der Waals surface area (Å²) in [5.74, 6) is -0.199. The first-order valence-corrected chi connectivity index (χ1v) is 8.19. The van der Waals surface area contributed by atoms with Crippen molar-refractivity contribution in [2.75, 3.05) is 19.0 Å². The fraction of sp³-hybridized carbons (Fsp3) is 0.333. The summed E-state index contributed by atoms with van der Waals surface area (Å²) < 4.78 is 4.65. The number of hydrogen-bond acceptors (Lipinski definition) is 6. The quantitative estimate of drug-likeness (QED) is 0.566. The molecule has 0 saturated carbocycles. The van der Waals surface area contributed by atoms with Crippen LogP contribution in [0.5, 0.6) is 0 Å². The minimum absolute atomic E-state index is 0.176. The van der Waals surface area contributed by atoms with Gasteiger partial charge < -0.3 is 15.4 Å². The minimum Gasteiger partial charge on any atom is -0.465 e. The summed E-state index contributed by atoms with van der Waals surface area (Å²) in [5.41, 5.74) is 1.61. The normalized spacial score (nSPS) is 10.2. The molecule has 0 atom stereocenters. The van der Waals surface area contributed by atoms with E-state index in [0.29, 0.717) is 23.6 Å². The number of anilines is 2. The highest BCUT2D eigenvalue weighted by atomic mass is 16.5. The average Bonchev–Trinajstić information content (AvgIpc) is 2.65. The standard InChI is InChI=1S/C18H22N4O3/c1-3-4-5-10-19-16(23)14-11-20-18(21-12-14)22-15-8-6-13(7-9-15)17(24)25-2/h6-9,11-12H,3-5,10H2,1-2H3,(H,19,23)(H,20,21,22). The molecule has 132 valence electrons. The van der Waals surface area contributed by atoms with E-state index >= 15 is 0 Å². The van der Waals surface area contributed by atoms with Gasteiger partial charge in [0.25, 0.3) is 5.91 Å². The largest absolute Gasteiger partial charge is 0.465 e. The fourth-order valence-electron chi connectivity index (χ4n) is 2.13. The van der Waals surface area contributed by atoms with E-state index in [1.54, 1.807) is 24.3 Å². The molecule has 0 unspecified atom stereocenters. The molecule has 7 heteroatoms. The van der Waals surface area contributed by atoms with Crippen LogP contribution in [0.1, 0.15) is 46.9 Å². The van der Waals surface area contributed by atoms with E-state index in [4.69, 9.17) is 0 Å². The smallest absolute Gasteiger partial charge is 0.337 e. The highest BCUT2D eigenvalue weighted by Gasteiger charge is 2.08. The van der Waals surface area contributed by atoms with Gasteiger partial charge in [-0.25, -0.2) is 14.8 Å². The third kappa shape index (κ3) is 5.56. The number of aromatic nitrogens is 2. The van der Waals surface area contributed by atoms with Gasteiger partial charge in [0.2, 0.25) is 5.95 Å². The Morgan fingerprint density at radius 3 is 2.32 bits per heavy atom. The number of methoxy groups -OCH3 is 1. The van der Waals surface area contributed by atoms with E-state index in [1.807, 2.05) is 0 Å². The molecule has 0 aliphatic heterocycles. The van der Waals surface area contributed by atoms with Crippen molar-refractivity contribution in [1.29, 1.82) is 0 Å². The first kappa shape index (κ1) is 18.4. The Balaban J connectivity index is 1.91. The highest BCUT2D eigenvalue weighted by molar-refractivity contribution is 5.93. The Morgan fingerprint density at radius 1 is 1.04 bits per heavy atom. The van der Waals surface area contributed by atoms with Crippen LogP contribution < -0.4 is 10.6 Å². The minimum atomic E-state index is -0.392. The zero-order valence-electron chi connectivity index (χ0n) is 14.4. The molecule has 7 nitrogen and oxygen atoms in total. The van der Waals surface area contributed by atoms with Crippen molar-refractivity contribution in [3.63, 3.8) is 0 Å². The van der Waals surface area contributed by atoms with Crippen LogP contribution in [0.15, 0.2) is 36.7 Å². The number of carbonyl (C=O) groups excluding carboxylic acids is 2. The number of amides is 1. The molecule has 2 N–H and O–H groups in total. The maximum Gasteiger partial charge on any atom is 0.337 e. The maximum absolute atomic E-state index is 12.0. The van der Waals surface area contributed by atoms with Gasteiger partial charge in [-0.15, -0.1) is 0 Å². The molecule has 2 rings (SSSR count). The van der Waals surface area contributed by atoms with E-state index in [0.717, 1.165) is 24.9 Å². The SMILES string of the molecule is CCCCCNC(=O)c1cnc(Nc2ccc(C(=O)OC)cc2)nc1. The van der Waals surface area contributed by atoms with Crippen molar-refractivity contribution < 1.29 is 14.3 Å². The van der Waals surface area contributed by atoms with Crippen molar-refractivity contribution >= 4 is 23.5 Å². The number of nitrogens with one attached hydrogen (secondary N) is 2. The molecule has 0 aliphatic carbocycles. The Labute approximate surface area is 146 Å². The van der Waals surface area contributed by atoms with Crippen LogP contribution in [0, 0.1) is 0 Å². The molecule has 0 aliphatic rings. The van der Waals surface area contributed by atoms with Crippen LogP contribution in [0.2, 0.25) is 0 Å². The number of esters is 1.